The number of fused-ring (bicyclic) bond motifs is 1. The quantitative estimate of drug-likeness (QED) is 0.720. The lowest BCUT2D eigenvalue weighted by Crippen LogP contribution is -2.46. The van der Waals surface area contributed by atoms with Crippen LogP contribution in [-0.2, 0) is 15.9 Å². The number of nitrogens with one attached hydrogen (secondary N) is 2. The van der Waals surface area contributed by atoms with Crippen LogP contribution in [0.15, 0.2) is 47.6 Å². The molecule has 2 amide bonds. The van der Waals surface area contributed by atoms with Gasteiger partial charge in [-0.05, 0) is 33.3 Å². The van der Waals surface area contributed by atoms with E-state index in [2.05, 4.69) is 17.2 Å². The van der Waals surface area contributed by atoms with E-state index in [1.807, 2.05) is 24.3 Å². The number of carbonyl (C=O) groups is 2. The van der Waals surface area contributed by atoms with Crippen molar-refractivity contribution in [2.75, 3.05) is 13.2 Å². The number of para-hydroxylation sites is 1. The summed E-state index contributed by atoms with van der Waals surface area (Å²) < 4.78 is 15.8. The number of hydrogen-bond acceptors (Lipinski definition) is 5. The molecule has 0 saturated carbocycles. The van der Waals surface area contributed by atoms with Gasteiger partial charge in [0.2, 0.25) is 0 Å². The summed E-state index contributed by atoms with van der Waals surface area (Å²) >= 11 is 0. The maximum Gasteiger partial charge on any atom is 0.407 e. The monoisotopic (exact) mass is 374 g/mol. The van der Waals surface area contributed by atoms with Crippen LogP contribution < -0.4 is 10.6 Å². The summed E-state index contributed by atoms with van der Waals surface area (Å²) in [4.78, 5) is 23.9. The Kier molecular flexibility index (Phi) is 6.87. The zero-order valence-electron chi connectivity index (χ0n) is 15.9. The molecule has 0 bridgehead atoms. The topological polar surface area (TPSA) is 89.8 Å². The summed E-state index contributed by atoms with van der Waals surface area (Å²) in [5, 5.41) is 6.39. The number of amides is 2. The molecule has 0 spiro atoms. The van der Waals surface area contributed by atoms with E-state index in [1.54, 1.807) is 27.0 Å². The van der Waals surface area contributed by atoms with E-state index in [-0.39, 0.29) is 13.2 Å². The van der Waals surface area contributed by atoms with E-state index in [1.165, 1.54) is 6.08 Å². The molecular formula is C20H26N2O5. The van der Waals surface area contributed by atoms with Crippen LogP contribution >= 0.6 is 0 Å². The Hall–Kier alpha value is -2.96. The fourth-order valence-corrected chi connectivity index (χ4v) is 2.50. The molecule has 0 radical (unpaired) electrons. The summed E-state index contributed by atoms with van der Waals surface area (Å²) in [6, 6.07) is 7.23. The minimum atomic E-state index is -0.618. The molecule has 1 heterocycles. The molecule has 0 aliphatic carbocycles. The molecule has 1 aromatic heterocycles. The summed E-state index contributed by atoms with van der Waals surface area (Å²) in [5.41, 5.74) is 1.07. The van der Waals surface area contributed by atoms with Crippen LogP contribution in [0.25, 0.3) is 11.0 Å². The van der Waals surface area contributed by atoms with Crippen LogP contribution in [0.5, 0.6) is 0 Å². The van der Waals surface area contributed by atoms with Crippen LogP contribution in [0.1, 0.15) is 26.3 Å². The second-order valence-electron chi connectivity index (χ2n) is 7.07. The molecule has 7 nitrogen and oxygen atoms in total. The van der Waals surface area contributed by atoms with Crippen LogP contribution in [0.4, 0.5) is 9.59 Å². The van der Waals surface area contributed by atoms with Crippen LogP contribution in [0.3, 0.4) is 0 Å². The SMILES string of the molecule is C=CCOC(=O)NC[C@H](Cc1coc2ccccc12)NC(=O)OC(C)(C)C. The summed E-state index contributed by atoms with van der Waals surface area (Å²) in [5.74, 6) is 0. The number of carbonyl (C=O) groups excluding carboxylic acids is 2. The molecule has 1 aromatic carbocycles. The highest BCUT2D eigenvalue weighted by Crippen LogP contribution is 2.22. The number of benzene rings is 1. The highest BCUT2D eigenvalue weighted by Gasteiger charge is 2.21. The predicted octanol–water partition coefficient (Wildman–Crippen LogP) is 3.78. The first kappa shape index (κ1) is 20.4. The molecule has 0 aliphatic rings. The molecule has 7 heteroatoms. The molecule has 0 saturated heterocycles. The molecule has 2 N–H and O–H groups in total. The zero-order valence-corrected chi connectivity index (χ0v) is 15.9. The van der Waals surface area contributed by atoms with E-state index in [0.29, 0.717) is 6.42 Å². The maximum absolute atomic E-state index is 12.2. The van der Waals surface area contributed by atoms with Gasteiger partial charge in [-0.25, -0.2) is 9.59 Å². The fraction of sp³-hybridized carbons (Fsp3) is 0.400. The molecular weight excluding hydrogens is 348 g/mol. The van der Waals surface area contributed by atoms with Gasteiger partial charge >= 0.3 is 12.2 Å². The summed E-state index contributed by atoms with van der Waals surface area (Å²) in [6.45, 7) is 9.14. The van der Waals surface area contributed by atoms with Crippen molar-refractivity contribution in [3.05, 3.63) is 48.7 Å². The normalized spacial score (nSPS) is 12.3. The Morgan fingerprint density at radius 3 is 2.70 bits per heavy atom. The number of ether oxygens (including phenoxy) is 2. The molecule has 146 valence electrons. The highest BCUT2D eigenvalue weighted by molar-refractivity contribution is 5.81. The van der Waals surface area contributed by atoms with Gasteiger partial charge in [0, 0.05) is 17.5 Å². The molecule has 1 atom stereocenters. The van der Waals surface area contributed by atoms with Gasteiger partial charge in [0.05, 0.1) is 12.3 Å². The second kappa shape index (κ2) is 9.12. The first-order chi connectivity index (χ1) is 12.8. The van der Waals surface area contributed by atoms with E-state index in [9.17, 15) is 9.59 Å². The van der Waals surface area contributed by atoms with Crippen molar-refractivity contribution in [2.45, 2.75) is 38.8 Å². The predicted molar refractivity (Wildman–Crippen MR) is 103 cm³/mol. The Balaban J connectivity index is 2.07. The number of hydrogen-bond donors (Lipinski definition) is 2. The van der Waals surface area contributed by atoms with Crippen molar-refractivity contribution in [2.24, 2.45) is 0 Å². The van der Waals surface area contributed by atoms with Crippen LogP contribution in [-0.4, -0.2) is 37.0 Å². The smallest absolute Gasteiger partial charge is 0.407 e. The van der Waals surface area contributed by atoms with Gasteiger partial charge in [-0.2, -0.15) is 0 Å². The summed E-state index contributed by atoms with van der Waals surface area (Å²) in [6.07, 6.45) is 2.46. The Morgan fingerprint density at radius 1 is 1.26 bits per heavy atom. The standard InChI is InChI=1S/C20H26N2O5/c1-5-10-25-18(23)21-12-15(22-19(24)27-20(2,3)4)11-14-13-26-17-9-7-6-8-16(14)17/h5-9,13,15H,1,10-12H2,2-4H3,(H,21,23)(H,22,24)/t15-/m0/s1. The first-order valence-electron chi connectivity index (χ1n) is 8.74. The zero-order chi connectivity index (χ0) is 19.9. The van der Waals surface area contributed by atoms with E-state index < -0.39 is 23.8 Å². The molecule has 2 aromatic rings. The molecule has 0 aliphatic heterocycles. The van der Waals surface area contributed by atoms with Gasteiger partial charge < -0.3 is 24.5 Å². The number of rotatable bonds is 7. The minimum absolute atomic E-state index is 0.113. The van der Waals surface area contributed by atoms with Crippen LogP contribution in [0.2, 0.25) is 0 Å². The number of alkyl carbamates (subject to hydrolysis) is 2. The third kappa shape index (κ3) is 6.69. The van der Waals surface area contributed by atoms with Crippen molar-refractivity contribution in [1.29, 1.82) is 0 Å². The van der Waals surface area contributed by atoms with Crippen molar-refractivity contribution in [3.63, 3.8) is 0 Å². The Labute approximate surface area is 158 Å². The lowest BCUT2D eigenvalue weighted by molar-refractivity contribution is 0.0502. The van der Waals surface area contributed by atoms with Crippen molar-refractivity contribution < 1.29 is 23.5 Å². The van der Waals surface area contributed by atoms with Gasteiger partial charge in [-0.1, -0.05) is 30.9 Å². The van der Waals surface area contributed by atoms with Crippen molar-refractivity contribution in [1.82, 2.24) is 10.6 Å². The van der Waals surface area contributed by atoms with E-state index in [0.717, 1.165) is 16.5 Å². The van der Waals surface area contributed by atoms with Crippen molar-refractivity contribution >= 4 is 23.2 Å². The first-order valence-corrected chi connectivity index (χ1v) is 8.74. The largest absolute Gasteiger partial charge is 0.464 e. The van der Waals surface area contributed by atoms with Crippen molar-refractivity contribution in [3.8, 4) is 0 Å². The van der Waals surface area contributed by atoms with Crippen LogP contribution in [0, 0.1) is 0 Å². The maximum atomic E-state index is 12.2. The molecule has 27 heavy (non-hydrogen) atoms. The second-order valence-corrected chi connectivity index (χ2v) is 7.07. The third-order valence-corrected chi connectivity index (χ3v) is 3.57. The Bertz CT molecular complexity index is 791. The van der Waals surface area contributed by atoms with E-state index in [4.69, 9.17) is 13.9 Å². The minimum Gasteiger partial charge on any atom is -0.464 e. The average molecular weight is 374 g/mol. The van der Waals surface area contributed by atoms with Gasteiger partial charge in [0.15, 0.2) is 0 Å². The lowest BCUT2D eigenvalue weighted by Gasteiger charge is -2.23. The van der Waals surface area contributed by atoms with Gasteiger partial charge in [-0.15, -0.1) is 0 Å². The van der Waals surface area contributed by atoms with Gasteiger partial charge in [0.1, 0.15) is 17.8 Å². The fourth-order valence-electron chi connectivity index (χ4n) is 2.50. The van der Waals surface area contributed by atoms with E-state index >= 15 is 0 Å². The Morgan fingerprint density at radius 2 is 2.00 bits per heavy atom. The summed E-state index contributed by atoms with van der Waals surface area (Å²) in [7, 11) is 0. The van der Waals surface area contributed by atoms with Gasteiger partial charge in [0.25, 0.3) is 0 Å². The highest BCUT2D eigenvalue weighted by atomic mass is 16.6. The average Bonchev–Trinajstić information content (AvgIpc) is 2.99. The molecule has 0 fully saturated rings. The molecule has 0 unspecified atom stereocenters. The number of furan rings is 1. The van der Waals surface area contributed by atoms with Gasteiger partial charge in [-0.3, -0.25) is 0 Å². The molecule has 2 rings (SSSR count). The lowest BCUT2D eigenvalue weighted by atomic mass is 10.1. The third-order valence-electron chi connectivity index (χ3n) is 3.57.